The number of hydrogen-bond acceptors (Lipinski definition) is 4. The second-order valence-corrected chi connectivity index (χ2v) is 8.63. The van der Waals surface area contributed by atoms with Crippen LogP contribution in [0.5, 0.6) is 0 Å². The highest BCUT2D eigenvalue weighted by Gasteiger charge is 2.43. The largest absolute Gasteiger partial charge is 0.369 e. The van der Waals surface area contributed by atoms with Gasteiger partial charge in [0, 0.05) is 12.5 Å². The van der Waals surface area contributed by atoms with Gasteiger partial charge in [0.05, 0.1) is 6.54 Å². The average molecular weight is 401 g/mol. The quantitative estimate of drug-likeness (QED) is 0.631. The van der Waals surface area contributed by atoms with Crippen molar-refractivity contribution in [2.24, 2.45) is 16.6 Å². The molecule has 1 unspecified atom stereocenters. The number of nitrogens with zero attached hydrogens (tertiary/aromatic N) is 2. The molecule has 1 aliphatic heterocycles. The molecule has 1 heterocycles. The number of benzene rings is 1. The molecule has 1 aromatic carbocycles. The normalized spacial score (nSPS) is 19.2. The predicted molar refractivity (Wildman–Crippen MR) is 117 cm³/mol. The summed E-state index contributed by atoms with van der Waals surface area (Å²) in [5.41, 5.74) is 7.39. The van der Waals surface area contributed by atoms with Crippen molar-refractivity contribution in [1.29, 1.82) is 0 Å². The van der Waals surface area contributed by atoms with E-state index in [1.54, 1.807) is 4.90 Å². The van der Waals surface area contributed by atoms with Gasteiger partial charge in [0.2, 0.25) is 5.91 Å². The minimum absolute atomic E-state index is 0.0362. The number of nitrogens with one attached hydrogen (secondary N) is 1. The zero-order chi connectivity index (χ0) is 21.6. The van der Waals surface area contributed by atoms with Crippen molar-refractivity contribution >= 4 is 17.8 Å². The average Bonchev–Trinajstić information content (AvgIpc) is 2.87. The molecule has 0 bridgehead atoms. The first-order valence-electron chi connectivity index (χ1n) is 10.7. The van der Waals surface area contributed by atoms with Gasteiger partial charge in [-0.2, -0.15) is 0 Å². The number of hydrogen-bond donors (Lipinski definition) is 2. The van der Waals surface area contributed by atoms with Crippen LogP contribution >= 0.6 is 0 Å². The van der Waals surface area contributed by atoms with Gasteiger partial charge in [0.1, 0.15) is 5.54 Å². The van der Waals surface area contributed by atoms with Gasteiger partial charge < -0.3 is 11.1 Å². The van der Waals surface area contributed by atoms with Crippen LogP contribution in [0.3, 0.4) is 0 Å². The third-order valence-corrected chi connectivity index (χ3v) is 5.50. The smallest absolute Gasteiger partial charge is 0.257 e. The Morgan fingerprint density at radius 2 is 1.76 bits per heavy atom. The molecule has 0 spiro atoms. The number of aliphatic imine (C=N–C) groups is 1. The molecule has 0 radical (unpaired) electrons. The van der Waals surface area contributed by atoms with Gasteiger partial charge in [-0.1, -0.05) is 52.0 Å². The monoisotopic (exact) mass is 400 g/mol. The Balaban J connectivity index is 1.92. The highest BCUT2D eigenvalue weighted by molar-refractivity contribution is 6.06. The van der Waals surface area contributed by atoms with Gasteiger partial charge in [-0.15, -0.1) is 0 Å². The molecule has 1 aliphatic rings. The van der Waals surface area contributed by atoms with Crippen molar-refractivity contribution in [1.82, 2.24) is 10.2 Å². The van der Waals surface area contributed by atoms with Gasteiger partial charge in [-0.3, -0.25) is 14.5 Å². The molecule has 6 heteroatoms. The van der Waals surface area contributed by atoms with Crippen molar-refractivity contribution in [3.05, 3.63) is 35.4 Å². The Bertz CT molecular complexity index is 738. The lowest BCUT2D eigenvalue weighted by atomic mass is 9.91. The fourth-order valence-corrected chi connectivity index (χ4v) is 3.88. The van der Waals surface area contributed by atoms with Crippen molar-refractivity contribution < 1.29 is 9.59 Å². The van der Waals surface area contributed by atoms with E-state index in [2.05, 4.69) is 38.0 Å². The lowest BCUT2D eigenvalue weighted by molar-refractivity contribution is -0.131. The highest BCUT2D eigenvalue weighted by Crippen LogP contribution is 2.29. The summed E-state index contributed by atoms with van der Waals surface area (Å²) >= 11 is 0. The van der Waals surface area contributed by atoms with Crippen molar-refractivity contribution in [2.45, 2.75) is 84.8 Å². The number of carbonyl (C=O) groups excluding carboxylic acids is 2. The van der Waals surface area contributed by atoms with Gasteiger partial charge in [-0.05, 0) is 49.7 Å². The number of rotatable bonds is 10. The molecular formula is C23H36N4O2. The maximum atomic E-state index is 12.8. The fraction of sp³-hybridized carbons (Fsp3) is 0.609. The number of guanidine groups is 1. The summed E-state index contributed by atoms with van der Waals surface area (Å²) in [6.45, 7) is 10.6. The Labute approximate surface area is 174 Å². The molecule has 3 N–H and O–H groups in total. The summed E-state index contributed by atoms with van der Waals surface area (Å²) in [6, 6.07) is 8.28. The van der Waals surface area contributed by atoms with Crippen LogP contribution in [0.2, 0.25) is 0 Å². The summed E-state index contributed by atoms with van der Waals surface area (Å²) < 4.78 is 0. The molecule has 0 fully saturated rings. The van der Waals surface area contributed by atoms with E-state index in [0.717, 1.165) is 24.0 Å². The van der Waals surface area contributed by atoms with Crippen molar-refractivity contribution in [2.75, 3.05) is 0 Å². The second-order valence-electron chi connectivity index (χ2n) is 8.63. The van der Waals surface area contributed by atoms with Crippen LogP contribution in [0.25, 0.3) is 0 Å². The van der Waals surface area contributed by atoms with Crippen LogP contribution in [-0.4, -0.2) is 34.3 Å². The van der Waals surface area contributed by atoms with Crippen LogP contribution in [0, 0.1) is 5.92 Å². The lowest BCUT2D eigenvalue weighted by Gasteiger charge is -2.23. The Morgan fingerprint density at radius 3 is 2.31 bits per heavy atom. The zero-order valence-corrected chi connectivity index (χ0v) is 18.5. The van der Waals surface area contributed by atoms with E-state index in [4.69, 9.17) is 5.73 Å². The minimum atomic E-state index is -0.764. The van der Waals surface area contributed by atoms with Crippen LogP contribution in [-0.2, 0) is 22.6 Å². The molecule has 2 rings (SSSR count). The molecule has 160 valence electrons. The van der Waals surface area contributed by atoms with E-state index in [9.17, 15) is 9.59 Å². The Kier molecular flexibility index (Phi) is 7.82. The summed E-state index contributed by atoms with van der Waals surface area (Å²) in [5, 5.41) is 3.07. The van der Waals surface area contributed by atoms with Gasteiger partial charge in [0.15, 0.2) is 5.96 Å². The first kappa shape index (κ1) is 22.9. The van der Waals surface area contributed by atoms with E-state index in [0.29, 0.717) is 37.7 Å². The first-order valence-corrected chi connectivity index (χ1v) is 10.7. The first-order chi connectivity index (χ1) is 13.7. The van der Waals surface area contributed by atoms with Crippen LogP contribution in [0.15, 0.2) is 29.3 Å². The van der Waals surface area contributed by atoms with Gasteiger partial charge in [0.25, 0.3) is 5.91 Å². The summed E-state index contributed by atoms with van der Waals surface area (Å²) in [6.07, 6.45) is 3.77. The molecule has 0 saturated carbocycles. The molecule has 29 heavy (non-hydrogen) atoms. The summed E-state index contributed by atoms with van der Waals surface area (Å²) in [5.74, 6) is 0.715. The van der Waals surface area contributed by atoms with E-state index >= 15 is 0 Å². The van der Waals surface area contributed by atoms with Gasteiger partial charge >= 0.3 is 0 Å². The molecule has 1 aromatic rings. The lowest BCUT2D eigenvalue weighted by Crippen LogP contribution is -2.43. The Morgan fingerprint density at radius 1 is 1.17 bits per heavy atom. The standard InChI is InChI=1S/C23H36N4O2/c1-6-19(7-2)25-20(28)13-12-17-8-10-18(11-9-17)15-27-21(29)23(5,14-16(3)4)26-22(27)24/h8-11,16,19H,6-7,12-15H2,1-5H3,(H2,24,26)(H,25,28). The number of nitrogens with two attached hydrogens (primary N) is 1. The molecular weight excluding hydrogens is 364 g/mol. The highest BCUT2D eigenvalue weighted by atomic mass is 16.2. The SMILES string of the molecule is CCC(CC)NC(=O)CCc1ccc(CN2C(=O)C(C)(CC(C)C)N=C2N)cc1. The fourth-order valence-electron chi connectivity index (χ4n) is 3.88. The second kappa shape index (κ2) is 9.90. The third-order valence-electron chi connectivity index (χ3n) is 5.50. The van der Waals surface area contributed by atoms with Crippen LogP contribution in [0.1, 0.15) is 71.4 Å². The van der Waals surface area contributed by atoms with Crippen LogP contribution in [0.4, 0.5) is 0 Å². The van der Waals surface area contributed by atoms with E-state index in [1.165, 1.54) is 0 Å². The maximum absolute atomic E-state index is 12.8. The number of amides is 2. The summed E-state index contributed by atoms with van der Waals surface area (Å²) in [4.78, 5) is 30.9. The zero-order valence-electron chi connectivity index (χ0n) is 18.5. The van der Waals surface area contributed by atoms with Crippen molar-refractivity contribution in [3.8, 4) is 0 Å². The molecule has 6 nitrogen and oxygen atoms in total. The van der Waals surface area contributed by atoms with E-state index in [1.807, 2.05) is 31.2 Å². The molecule has 1 atom stereocenters. The molecule has 0 aromatic heterocycles. The minimum Gasteiger partial charge on any atom is -0.369 e. The molecule has 0 saturated heterocycles. The number of carbonyl (C=O) groups is 2. The number of aryl methyl sites for hydroxylation is 1. The van der Waals surface area contributed by atoms with Gasteiger partial charge in [-0.25, -0.2) is 4.99 Å². The van der Waals surface area contributed by atoms with E-state index in [-0.39, 0.29) is 17.9 Å². The predicted octanol–water partition coefficient (Wildman–Crippen LogP) is 3.39. The topological polar surface area (TPSA) is 87.8 Å². The van der Waals surface area contributed by atoms with Crippen molar-refractivity contribution in [3.63, 3.8) is 0 Å². The Hall–Kier alpha value is -2.37. The van der Waals surface area contributed by atoms with E-state index < -0.39 is 5.54 Å². The molecule has 0 aliphatic carbocycles. The third kappa shape index (κ3) is 6.05. The maximum Gasteiger partial charge on any atom is 0.257 e. The summed E-state index contributed by atoms with van der Waals surface area (Å²) in [7, 11) is 0. The van der Waals surface area contributed by atoms with Crippen LogP contribution < -0.4 is 11.1 Å². The molecule has 2 amide bonds.